The third kappa shape index (κ3) is 3.48. The number of piperidine rings is 1. The molecule has 0 unspecified atom stereocenters. The first-order chi connectivity index (χ1) is 9.41. The van der Waals surface area contributed by atoms with Gasteiger partial charge in [-0.25, -0.2) is 0 Å². The average Bonchev–Trinajstić information content (AvgIpc) is 2.40. The normalized spacial score (nSPS) is 18.8. The second-order valence-electron chi connectivity index (χ2n) is 6.30. The standard InChI is InChI=1S/C15H23N3O2/c1-15(2)6-8-17(9-7-15)11-12-4-5-14(18(19)20)13(10-12)16-3/h4-5,10,16H,6-9,11H2,1-3H3. The molecule has 110 valence electrons. The molecular formula is C15H23N3O2. The van der Waals surface area contributed by atoms with Gasteiger partial charge in [0.1, 0.15) is 5.69 Å². The first kappa shape index (κ1) is 14.8. The fraction of sp³-hybridized carbons (Fsp3) is 0.600. The van der Waals surface area contributed by atoms with Crippen molar-refractivity contribution in [1.29, 1.82) is 0 Å². The van der Waals surface area contributed by atoms with Crippen molar-refractivity contribution >= 4 is 11.4 Å². The molecule has 1 aliphatic rings. The molecule has 0 spiro atoms. The Labute approximate surface area is 120 Å². The predicted molar refractivity (Wildman–Crippen MR) is 80.9 cm³/mol. The van der Waals surface area contributed by atoms with Crippen LogP contribution in [0.4, 0.5) is 11.4 Å². The lowest BCUT2D eigenvalue weighted by Crippen LogP contribution is -2.36. The van der Waals surface area contributed by atoms with Gasteiger partial charge in [-0.15, -0.1) is 0 Å². The zero-order valence-electron chi connectivity index (χ0n) is 12.5. The summed E-state index contributed by atoms with van der Waals surface area (Å²) in [5, 5.41) is 13.8. The van der Waals surface area contributed by atoms with Crippen LogP contribution in [-0.4, -0.2) is 30.0 Å². The van der Waals surface area contributed by atoms with Crippen molar-refractivity contribution in [2.45, 2.75) is 33.2 Å². The van der Waals surface area contributed by atoms with Gasteiger partial charge < -0.3 is 5.32 Å². The Balaban J connectivity index is 2.05. The fourth-order valence-electron chi connectivity index (χ4n) is 2.62. The molecule has 0 saturated carbocycles. The van der Waals surface area contributed by atoms with E-state index in [-0.39, 0.29) is 10.6 Å². The zero-order valence-corrected chi connectivity index (χ0v) is 12.5. The molecule has 1 aromatic carbocycles. The second kappa shape index (κ2) is 5.79. The highest BCUT2D eigenvalue weighted by atomic mass is 16.6. The quantitative estimate of drug-likeness (QED) is 0.678. The zero-order chi connectivity index (χ0) is 14.8. The van der Waals surface area contributed by atoms with E-state index >= 15 is 0 Å². The Morgan fingerprint density at radius 1 is 1.35 bits per heavy atom. The molecule has 20 heavy (non-hydrogen) atoms. The van der Waals surface area contributed by atoms with Crippen molar-refractivity contribution in [3.63, 3.8) is 0 Å². The lowest BCUT2D eigenvalue weighted by molar-refractivity contribution is -0.384. The molecule has 0 radical (unpaired) electrons. The molecule has 5 heteroatoms. The minimum absolute atomic E-state index is 0.135. The average molecular weight is 277 g/mol. The number of hydrogen-bond donors (Lipinski definition) is 1. The third-order valence-corrected chi connectivity index (χ3v) is 4.14. The van der Waals surface area contributed by atoms with E-state index in [0.29, 0.717) is 11.1 Å². The van der Waals surface area contributed by atoms with Crippen LogP contribution in [0.3, 0.4) is 0 Å². The van der Waals surface area contributed by atoms with Crippen molar-refractivity contribution in [2.24, 2.45) is 5.41 Å². The van der Waals surface area contributed by atoms with Crippen LogP contribution in [0.1, 0.15) is 32.3 Å². The van der Waals surface area contributed by atoms with Gasteiger partial charge in [-0.05, 0) is 43.0 Å². The number of hydrogen-bond acceptors (Lipinski definition) is 4. The van der Waals surface area contributed by atoms with Crippen molar-refractivity contribution in [2.75, 3.05) is 25.5 Å². The van der Waals surface area contributed by atoms with E-state index in [1.54, 1.807) is 13.1 Å². The van der Waals surface area contributed by atoms with Gasteiger partial charge in [0, 0.05) is 19.7 Å². The van der Waals surface area contributed by atoms with Crippen LogP contribution in [0, 0.1) is 15.5 Å². The number of nitrogens with zero attached hydrogens (tertiary/aromatic N) is 2. The molecule has 2 rings (SSSR count). The summed E-state index contributed by atoms with van der Waals surface area (Å²) < 4.78 is 0. The summed E-state index contributed by atoms with van der Waals surface area (Å²) in [7, 11) is 1.72. The van der Waals surface area contributed by atoms with Crippen LogP contribution in [0.2, 0.25) is 0 Å². The van der Waals surface area contributed by atoms with Crippen LogP contribution in [0.5, 0.6) is 0 Å². The number of likely N-dealkylation sites (tertiary alicyclic amines) is 1. The molecule has 0 amide bonds. The molecule has 0 aliphatic carbocycles. The smallest absolute Gasteiger partial charge is 0.292 e. The van der Waals surface area contributed by atoms with Gasteiger partial charge in [-0.1, -0.05) is 19.9 Å². The molecule has 0 aromatic heterocycles. The minimum atomic E-state index is -0.348. The molecule has 1 heterocycles. The molecular weight excluding hydrogens is 254 g/mol. The lowest BCUT2D eigenvalue weighted by atomic mass is 9.82. The number of nitrogens with one attached hydrogen (secondary N) is 1. The van der Waals surface area contributed by atoms with E-state index in [9.17, 15) is 10.1 Å². The summed E-state index contributed by atoms with van der Waals surface area (Å²) in [6.45, 7) is 7.69. The van der Waals surface area contributed by atoms with E-state index in [1.165, 1.54) is 12.8 Å². The minimum Gasteiger partial charge on any atom is -0.383 e. The van der Waals surface area contributed by atoms with Crippen LogP contribution >= 0.6 is 0 Å². The maximum atomic E-state index is 10.9. The fourth-order valence-corrected chi connectivity index (χ4v) is 2.62. The monoisotopic (exact) mass is 277 g/mol. The van der Waals surface area contributed by atoms with Crippen LogP contribution in [0.25, 0.3) is 0 Å². The summed E-state index contributed by atoms with van der Waals surface area (Å²) in [6.07, 6.45) is 2.41. The second-order valence-corrected chi connectivity index (χ2v) is 6.30. The van der Waals surface area contributed by atoms with Crippen molar-refractivity contribution in [3.05, 3.63) is 33.9 Å². The van der Waals surface area contributed by atoms with Gasteiger partial charge in [0.05, 0.1) is 4.92 Å². The molecule has 1 fully saturated rings. The van der Waals surface area contributed by atoms with Crippen molar-refractivity contribution < 1.29 is 4.92 Å². The molecule has 0 bridgehead atoms. The van der Waals surface area contributed by atoms with E-state index in [4.69, 9.17) is 0 Å². The SMILES string of the molecule is CNc1cc(CN2CCC(C)(C)CC2)ccc1[N+](=O)[O-]. The Kier molecular flexibility index (Phi) is 4.28. The van der Waals surface area contributed by atoms with Crippen LogP contribution < -0.4 is 5.32 Å². The van der Waals surface area contributed by atoms with Crippen LogP contribution in [-0.2, 0) is 6.54 Å². The first-order valence-electron chi connectivity index (χ1n) is 7.09. The Morgan fingerprint density at radius 2 is 2.00 bits per heavy atom. The number of anilines is 1. The molecule has 1 saturated heterocycles. The van der Waals surface area contributed by atoms with E-state index in [0.717, 1.165) is 25.2 Å². The Morgan fingerprint density at radius 3 is 2.55 bits per heavy atom. The number of nitro benzene ring substituents is 1. The summed E-state index contributed by atoms with van der Waals surface area (Å²) in [4.78, 5) is 13.0. The van der Waals surface area contributed by atoms with Gasteiger partial charge in [-0.3, -0.25) is 15.0 Å². The molecule has 0 atom stereocenters. The van der Waals surface area contributed by atoms with Gasteiger partial charge in [0.15, 0.2) is 0 Å². The van der Waals surface area contributed by atoms with Crippen molar-refractivity contribution in [1.82, 2.24) is 4.90 Å². The topological polar surface area (TPSA) is 58.4 Å². The third-order valence-electron chi connectivity index (χ3n) is 4.14. The van der Waals surface area contributed by atoms with Gasteiger partial charge in [0.25, 0.3) is 5.69 Å². The maximum Gasteiger partial charge on any atom is 0.292 e. The summed E-state index contributed by atoms with van der Waals surface area (Å²) in [6, 6.07) is 5.34. The maximum absolute atomic E-state index is 10.9. The summed E-state index contributed by atoms with van der Waals surface area (Å²) in [5.74, 6) is 0. The summed E-state index contributed by atoms with van der Waals surface area (Å²) in [5.41, 5.74) is 2.29. The Hall–Kier alpha value is -1.62. The summed E-state index contributed by atoms with van der Waals surface area (Å²) >= 11 is 0. The van der Waals surface area contributed by atoms with Gasteiger partial charge >= 0.3 is 0 Å². The number of benzene rings is 1. The predicted octanol–water partition coefficient (Wildman–Crippen LogP) is 3.26. The Bertz CT molecular complexity index is 490. The number of rotatable bonds is 4. The van der Waals surface area contributed by atoms with E-state index in [2.05, 4.69) is 24.1 Å². The highest BCUT2D eigenvalue weighted by Gasteiger charge is 2.25. The number of nitro groups is 1. The molecule has 5 nitrogen and oxygen atoms in total. The molecule has 1 N–H and O–H groups in total. The highest BCUT2D eigenvalue weighted by molar-refractivity contribution is 5.62. The van der Waals surface area contributed by atoms with Gasteiger partial charge in [-0.2, -0.15) is 0 Å². The highest BCUT2D eigenvalue weighted by Crippen LogP contribution is 2.31. The van der Waals surface area contributed by atoms with Crippen LogP contribution in [0.15, 0.2) is 18.2 Å². The van der Waals surface area contributed by atoms with Gasteiger partial charge in [0.2, 0.25) is 0 Å². The van der Waals surface area contributed by atoms with Crippen molar-refractivity contribution in [3.8, 4) is 0 Å². The van der Waals surface area contributed by atoms with E-state index in [1.807, 2.05) is 12.1 Å². The first-order valence-corrected chi connectivity index (χ1v) is 7.09. The largest absolute Gasteiger partial charge is 0.383 e. The lowest BCUT2D eigenvalue weighted by Gasteiger charge is -2.36. The molecule has 1 aliphatic heterocycles. The molecule has 1 aromatic rings. The van der Waals surface area contributed by atoms with E-state index < -0.39 is 0 Å².